The van der Waals surface area contributed by atoms with Crippen molar-refractivity contribution in [3.63, 3.8) is 0 Å². The topological polar surface area (TPSA) is 116 Å². The Kier molecular flexibility index (Phi) is 6.20. The molecule has 2 aliphatic rings. The number of piperidine rings is 1. The summed E-state index contributed by atoms with van der Waals surface area (Å²) < 4.78 is 40.7. The molecule has 3 aromatic rings. The highest BCUT2D eigenvalue weighted by Gasteiger charge is 2.33. The van der Waals surface area contributed by atoms with Gasteiger partial charge in [0.15, 0.2) is 11.5 Å². The van der Waals surface area contributed by atoms with Gasteiger partial charge in [0.25, 0.3) is 0 Å². The first-order valence-electron chi connectivity index (χ1n) is 11.2. The first-order valence-corrected chi connectivity index (χ1v) is 12.6. The quantitative estimate of drug-likeness (QED) is 0.593. The SMILES string of the molecule is O=C(Nc1ccccc1-n1cncn1)C1CCN(S(=O)(=O)c2ccc3c(c2)OCCCO3)CC1. The number of rotatable bonds is 5. The molecule has 0 saturated carbocycles. The molecule has 2 aliphatic heterocycles. The van der Waals surface area contributed by atoms with E-state index in [0.717, 1.165) is 6.42 Å². The van der Waals surface area contributed by atoms with Crippen molar-refractivity contribution in [1.29, 1.82) is 0 Å². The van der Waals surface area contributed by atoms with E-state index in [2.05, 4.69) is 15.4 Å². The number of nitrogens with zero attached hydrogens (tertiary/aromatic N) is 4. The maximum atomic E-state index is 13.2. The number of para-hydroxylation sites is 2. The zero-order valence-electron chi connectivity index (χ0n) is 18.5. The van der Waals surface area contributed by atoms with E-state index in [-0.39, 0.29) is 29.8 Å². The largest absolute Gasteiger partial charge is 0.490 e. The summed E-state index contributed by atoms with van der Waals surface area (Å²) in [4.78, 5) is 17.1. The van der Waals surface area contributed by atoms with Gasteiger partial charge in [0.1, 0.15) is 12.7 Å². The van der Waals surface area contributed by atoms with Crippen LogP contribution in [0.2, 0.25) is 0 Å². The maximum Gasteiger partial charge on any atom is 0.243 e. The molecule has 0 spiro atoms. The second-order valence-electron chi connectivity index (χ2n) is 8.18. The molecule has 3 heterocycles. The number of carbonyl (C=O) groups is 1. The molecule has 5 rings (SSSR count). The smallest absolute Gasteiger partial charge is 0.243 e. The molecule has 34 heavy (non-hydrogen) atoms. The molecule has 0 unspecified atom stereocenters. The summed E-state index contributed by atoms with van der Waals surface area (Å²) >= 11 is 0. The van der Waals surface area contributed by atoms with Crippen LogP contribution in [0.5, 0.6) is 11.5 Å². The average Bonchev–Trinajstić information content (AvgIpc) is 3.29. The van der Waals surface area contributed by atoms with Gasteiger partial charge in [-0.1, -0.05) is 12.1 Å². The van der Waals surface area contributed by atoms with Gasteiger partial charge in [-0.2, -0.15) is 9.40 Å². The highest BCUT2D eigenvalue weighted by atomic mass is 32.2. The molecule has 11 heteroatoms. The minimum Gasteiger partial charge on any atom is -0.490 e. The van der Waals surface area contributed by atoms with Gasteiger partial charge in [0.2, 0.25) is 15.9 Å². The Bertz CT molecular complexity index is 1270. The number of hydrogen-bond acceptors (Lipinski definition) is 7. The van der Waals surface area contributed by atoms with E-state index in [0.29, 0.717) is 48.9 Å². The van der Waals surface area contributed by atoms with Gasteiger partial charge in [-0.05, 0) is 37.1 Å². The number of sulfonamides is 1. The lowest BCUT2D eigenvalue weighted by Crippen LogP contribution is -2.41. The fraction of sp³-hybridized carbons (Fsp3) is 0.348. The van der Waals surface area contributed by atoms with Crippen molar-refractivity contribution in [3.8, 4) is 17.2 Å². The predicted molar refractivity (Wildman–Crippen MR) is 124 cm³/mol. The van der Waals surface area contributed by atoms with E-state index in [9.17, 15) is 13.2 Å². The van der Waals surface area contributed by atoms with Gasteiger partial charge in [-0.3, -0.25) is 4.79 Å². The van der Waals surface area contributed by atoms with Crippen LogP contribution >= 0.6 is 0 Å². The number of anilines is 1. The predicted octanol–water partition coefficient (Wildman–Crippen LogP) is 2.47. The summed E-state index contributed by atoms with van der Waals surface area (Å²) in [5.74, 6) is 0.566. The maximum absolute atomic E-state index is 13.2. The molecular formula is C23H25N5O5S. The number of fused-ring (bicyclic) bond motifs is 1. The van der Waals surface area contributed by atoms with Gasteiger partial charge in [-0.15, -0.1) is 0 Å². The standard InChI is InChI=1S/C23H25N5O5S/c29-23(26-19-4-1-2-5-20(19)28-16-24-15-25-28)17-8-10-27(11-9-17)34(30,31)18-6-7-21-22(14-18)33-13-3-12-32-21/h1-2,4-7,14-17H,3,8-13H2,(H,26,29). The highest BCUT2D eigenvalue weighted by Crippen LogP contribution is 2.34. The Morgan fingerprint density at radius 2 is 1.79 bits per heavy atom. The Labute approximate surface area is 197 Å². The van der Waals surface area contributed by atoms with Crippen LogP contribution < -0.4 is 14.8 Å². The molecule has 0 aliphatic carbocycles. The highest BCUT2D eigenvalue weighted by molar-refractivity contribution is 7.89. The summed E-state index contributed by atoms with van der Waals surface area (Å²) in [6, 6.07) is 12.0. The van der Waals surface area contributed by atoms with Crippen molar-refractivity contribution in [2.75, 3.05) is 31.6 Å². The van der Waals surface area contributed by atoms with E-state index in [1.54, 1.807) is 29.2 Å². The van der Waals surface area contributed by atoms with E-state index in [4.69, 9.17) is 9.47 Å². The molecule has 2 aromatic carbocycles. The van der Waals surface area contributed by atoms with Crippen molar-refractivity contribution in [1.82, 2.24) is 19.1 Å². The summed E-state index contributed by atoms with van der Waals surface area (Å²) in [6.45, 7) is 1.55. The van der Waals surface area contributed by atoms with Crippen LogP contribution in [-0.2, 0) is 14.8 Å². The molecule has 0 bridgehead atoms. The summed E-state index contributed by atoms with van der Waals surface area (Å²) in [7, 11) is -3.70. The van der Waals surface area contributed by atoms with Crippen molar-refractivity contribution < 1.29 is 22.7 Å². The van der Waals surface area contributed by atoms with Gasteiger partial charge >= 0.3 is 0 Å². The van der Waals surface area contributed by atoms with Gasteiger partial charge < -0.3 is 14.8 Å². The molecule has 1 aromatic heterocycles. The lowest BCUT2D eigenvalue weighted by atomic mass is 9.97. The van der Waals surface area contributed by atoms with Gasteiger partial charge in [0, 0.05) is 31.5 Å². The lowest BCUT2D eigenvalue weighted by molar-refractivity contribution is -0.120. The molecular weight excluding hydrogens is 458 g/mol. The summed E-state index contributed by atoms with van der Waals surface area (Å²) in [6.07, 6.45) is 4.60. The van der Waals surface area contributed by atoms with Crippen molar-refractivity contribution in [2.45, 2.75) is 24.2 Å². The van der Waals surface area contributed by atoms with Crippen LogP contribution in [0.1, 0.15) is 19.3 Å². The molecule has 178 valence electrons. The average molecular weight is 484 g/mol. The fourth-order valence-electron chi connectivity index (χ4n) is 4.16. The van der Waals surface area contributed by atoms with Crippen LogP contribution in [0.3, 0.4) is 0 Å². The van der Waals surface area contributed by atoms with Crippen LogP contribution in [0.25, 0.3) is 5.69 Å². The minimum atomic E-state index is -3.70. The Hall–Kier alpha value is -3.44. The van der Waals surface area contributed by atoms with Gasteiger partial charge in [0.05, 0.1) is 29.5 Å². The summed E-state index contributed by atoms with van der Waals surface area (Å²) in [5.41, 5.74) is 1.34. The third-order valence-corrected chi connectivity index (χ3v) is 7.90. The van der Waals surface area contributed by atoms with Crippen LogP contribution in [0.15, 0.2) is 60.0 Å². The second kappa shape index (κ2) is 9.43. The fourth-order valence-corrected chi connectivity index (χ4v) is 5.64. The monoisotopic (exact) mass is 483 g/mol. The summed E-state index contributed by atoms with van der Waals surface area (Å²) in [5, 5.41) is 7.10. The first kappa shape index (κ1) is 22.4. The number of nitrogens with one attached hydrogen (secondary N) is 1. The zero-order chi connectivity index (χ0) is 23.5. The minimum absolute atomic E-state index is 0.139. The van der Waals surface area contributed by atoms with Crippen molar-refractivity contribution in [3.05, 3.63) is 55.1 Å². The molecule has 0 atom stereocenters. The first-order chi connectivity index (χ1) is 16.5. The number of aromatic nitrogens is 3. The Balaban J connectivity index is 1.25. The van der Waals surface area contributed by atoms with Crippen molar-refractivity contribution in [2.24, 2.45) is 5.92 Å². The Morgan fingerprint density at radius 3 is 2.56 bits per heavy atom. The second-order valence-corrected chi connectivity index (χ2v) is 10.1. The molecule has 1 saturated heterocycles. The van der Waals surface area contributed by atoms with Gasteiger partial charge in [-0.25, -0.2) is 18.1 Å². The molecule has 10 nitrogen and oxygen atoms in total. The molecule has 1 N–H and O–H groups in total. The lowest BCUT2D eigenvalue weighted by Gasteiger charge is -2.30. The molecule has 1 amide bonds. The number of amides is 1. The van der Waals surface area contributed by atoms with E-state index in [1.165, 1.54) is 16.7 Å². The Morgan fingerprint density at radius 1 is 1.03 bits per heavy atom. The number of benzene rings is 2. The third-order valence-electron chi connectivity index (χ3n) is 6.01. The number of hydrogen-bond donors (Lipinski definition) is 1. The van der Waals surface area contributed by atoms with E-state index >= 15 is 0 Å². The normalized spacial score (nSPS) is 17.2. The van der Waals surface area contributed by atoms with Crippen LogP contribution in [0.4, 0.5) is 5.69 Å². The third kappa shape index (κ3) is 4.48. The van der Waals surface area contributed by atoms with E-state index < -0.39 is 10.0 Å². The number of carbonyl (C=O) groups excluding carboxylic acids is 1. The van der Waals surface area contributed by atoms with Crippen LogP contribution in [-0.4, -0.2) is 59.7 Å². The molecule has 1 fully saturated rings. The molecule has 0 radical (unpaired) electrons. The van der Waals surface area contributed by atoms with E-state index in [1.807, 2.05) is 18.2 Å². The zero-order valence-corrected chi connectivity index (χ0v) is 19.3. The van der Waals surface area contributed by atoms with Crippen LogP contribution in [0, 0.1) is 5.92 Å². The number of ether oxygens (including phenoxy) is 2. The van der Waals surface area contributed by atoms with Crippen molar-refractivity contribution >= 4 is 21.6 Å².